The molecule has 0 heterocycles. The van der Waals surface area contributed by atoms with E-state index in [9.17, 15) is 8.78 Å². The summed E-state index contributed by atoms with van der Waals surface area (Å²) in [6.45, 7) is 0. The van der Waals surface area contributed by atoms with Crippen LogP contribution in [0.5, 0.6) is 0 Å². The molecule has 2 aromatic carbocycles. The quantitative estimate of drug-likeness (QED) is 0.865. The predicted molar refractivity (Wildman–Crippen MR) is 72.7 cm³/mol. The molecule has 1 unspecified atom stereocenters. The first kappa shape index (κ1) is 13.7. The molecule has 19 heavy (non-hydrogen) atoms. The van der Waals surface area contributed by atoms with Gasteiger partial charge in [-0.25, -0.2) is 8.78 Å². The van der Waals surface area contributed by atoms with Gasteiger partial charge < -0.3 is 5.73 Å². The van der Waals surface area contributed by atoms with Crippen LogP contribution in [0.2, 0.25) is 0 Å². The van der Waals surface area contributed by atoms with Crippen LogP contribution < -0.4 is 5.73 Å². The largest absolute Gasteiger partial charge is 0.324 e. The molecule has 2 aromatic rings. The Balaban J connectivity index is 1.88. The van der Waals surface area contributed by atoms with Crippen molar-refractivity contribution in [2.45, 2.75) is 25.3 Å². The molecule has 0 bridgehead atoms. The van der Waals surface area contributed by atoms with Crippen LogP contribution in [0.15, 0.2) is 48.5 Å². The molecular weight excluding hydrogens is 244 g/mol. The number of hydrogen-bond acceptors (Lipinski definition) is 1. The van der Waals surface area contributed by atoms with E-state index in [1.165, 1.54) is 6.07 Å². The monoisotopic (exact) mass is 261 g/mol. The van der Waals surface area contributed by atoms with Crippen molar-refractivity contribution in [3.8, 4) is 0 Å². The zero-order valence-corrected chi connectivity index (χ0v) is 10.7. The maximum absolute atomic E-state index is 13.4. The van der Waals surface area contributed by atoms with E-state index in [-0.39, 0.29) is 6.04 Å². The van der Waals surface area contributed by atoms with Crippen LogP contribution in [0.25, 0.3) is 0 Å². The molecule has 0 amide bonds. The van der Waals surface area contributed by atoms with Crippen LogP contribution >= 0.6 is 0 Å². The molecule has 2 rings (SSSR count). The Kier molecular flexibility index (Phi) is 4.63. The summed E-state index contributed by atoms with van der Waals surface area (Å²) in [5.41, 5.74) is 7.55. The van der Waals surface area contributed by atoms with Crippen molar-refractivity contribution in [2.24, 2.45) is 5.73 Å². The van der Waals surface area contributed by atoms with Gasteiger partial charge in [-0.1, -0.05) is 42.5 Å². The average molecular weight is 261 g/mol. The van der Waals surface area contributed by atoms with E-state index >= 15 is 0 Å². The van der Waals surface area contributed by atoms with Crippen molar-refractivity contribution in [3.63, 3.8) is 0 Å². The third-order valence-corrected chi connectivity index (χ3v) is 3.22. The number of nitrogens with two attached hydrogens (primary N) is 1. The van der Waals surface area contributed by atoms with Gasteiger partial charge in [-0.05, 0) is 36.5 Å². The summed E-state index contributed by atoms with van der Waals surface area (Å²) in [6, 6.07) is 14.0. The molecule has 100 valence electrons. The number of benzene rings is 2. The third-order valence-electron chi connectivity index (χ3n) is 3.22. The molecule has 0 aliphatic carbocycles. The summed E-state index contributed by atoms with van der Waals surface area (Å²) in [4.78, 5) is 0. The summed E-state index contributed by atoms with van der Waals surface area (Å²) in [5, 5.41) is 0. The highest BCUT2D eigenvalue weighted by Gasteiger charge is 2.09. The molecule has 0 spiro atoms. The first-order valence-corrected chi connectivity index (χ1v) is 6.42. The van der Waals surface area contributed by atoms with Gasteiger partial charge in [0.15, 0.2) is 11.6 Å². The van der Waals surface area contributed by atoms with Crippen LogP contribution in [-0.4, -0.2) is 0 Å². The second kappa shape index (κ2) is 6.43. The molecule has 1 atom stereocenters. The molecule has 1 nitrogen and oxygen atoms in total. The van der Waals surface area contributed by atoms with Crippen LogP contribution in [0.3, 0.4) is 0 Å². The van der Waals surface area contributed by atoms with E-state index in [0.717, 1.165) is 24.5 Å². The van der Waals surface area contributed by atoms with Gasteiger partial charge in [0.05, 0.1) is 0 Å². The Morgan fingerprint density at radius 3 is 2.42 bits per heavy atom. The predicted octanol–water partition coefficient (Wildman–Crippen LogP) is 3.99. The second-order valence-corrected chi connectivity index (χ2v) is 4.62. The lowest BCUT2D eigenvalue weighted by Crippen LogP contribution is -2.10. The van der Waals surface area contributed by atoms with Crippen molar-refractivity contribution < 1.29 is 8.78 Å². The molecular formula is C16H17F2N. The summed E-state index contributed by atoms with van der Waals surface area (Å²) < 4.78 is 26.5. The van der Waals surface area contributed by atoms with Gasteiger partial charge in [0.25, 0.3) is 0 Å². The summed E-state index contributed by atoms with van der Waals surface area (Å²) >= 11 is 0. The van der Waals surface area contributed by atoms with E-state index in [1.807, 2.05) is 30.3 Å². The van der Waals surface area contributed by atoms with Crippen molar-refractivity contribution in [2.75, 3.05) is 0 Å². The molecule has 0 saturated heterocycles. The molecule has 0 fully saturated rings. The summed E-state index contributed by atoms with van der Waals surface area (Å²) in [7, 11) is 0. The van der Waals surface area contributed by atoms with E-state index in [2.05, 4.69) is 0 Å². The maximum Gasteiger partial charge on any atom is 0.162 e. The number of aryl methyl sites for hydroxylation is 1. The molecule has 0 aliphatic heterocycles. The summed E-state index contributed by atoms with van der Waals surface area (Å²) in [6.07, 6.45) is 1.99. The normalized spacial score (nSPS) is 12.4. The fourth-order valence-corrected chi connectivity index (χ4v) is 2.12. The lowest BCUT2D eigenvalue weighted by atomic mass is 9.99. The van der Waals surface area contributed by atoms with Crippen molar-refractivity contribution in [3.05, 3.63) is 71.3 Å². The van der Waals surface area contributed by atoms with E-state index in [4.69, 9.17) is 5.73 Å². The lowest BCUT2D eigenvalue weighted by molar-refractivity contribution is 0.494. The standard InChI is InChI=1S/C16H17F2N/c17-14-10-4-8-13(16(14)18)9-5-11-15(19)12-6-2-1-3-7-12/h1-4,6-8,10,15H,5,9,11,19H2. The minimum absolute atomic E-state index is 0.0576. The molecule has 2 N–H and O–H groups in total. The van der Waals surface area contributed by atoms with Gasteiger partial charge in [-0.15, -0.1) is 0 Å². The Morgan fingerprint density at radius 1 is 0.947 bits per heavy atom. The van der Waals surface area contributed by atoms with Crippen LogP contribution in [0.1, 0.15) is 30.0 Å². The fraction of sp³-hybridized carbons (Fsp3) is 0.250. The molecule has 0 aromatic heterocycles. The maximum atomic E-state index is 13.4. The number of hydrogen-bond donors (Lipinski definition) is 1. The Bertz CT molecular complexity index is 526. The van der Waals surface area contributed by atoms with Crippen molar-refractivity contribution in [1.29, 1.82) is 0 Å². The molecule has 0 radical (unpaired) electrons. The third kappa shape index (κ3) is 3.61. The molecule has 0 aliphatic rings. The molecule has 3 heteroatoms. The van der Waals surface area contributed by atoms with E-state index in [0.29, 0.717) is 12.0 Å². The number of halogens is 2. The van der Waals surface area contributed by atoms with Crippen LogP contribution in [0, 0.1) is 11.6 Å². The fourth-order valence-electron chi connectivity index (χ4n) is 2.12. The second-order valence-electron chi connectivity index (χ2n) is 4.62. The van der Waals surface area contributed by atoms with Crippen LogP contribution in [-0.2, 0) is 6.42 Å². The van der Waals surface area contributed by atoms with Gasteiger partial charge in [0, 0.05) is 6.04 Å². The zero-order valence-electron chi connectivity index (χ0n) is 10.7. The Labute approximate surface area is 112 Å². The smallest absolute Gasteiger partial charge is 0.162 e. The highest BCUT2D eigenvalue weighted by atomic mass is 19.2. The minimum Gasteiger partial charge on any atom is -0.324 e. The zero-order chi connectivity index (χ0) is 13.7. The van der Waals surface area contributed by atoms with Gasteiger partial charge in [0.2, 0.25) is 0 Å². The lowest BCUT2D eigenvalue weighted by Gasteiger charge is -2.12. The highest BCUT2D eigenvalue weighted by Crippen LogP contribution is 2.19. The van der Waals surface area contributed by atoms with Gasteiger partial charge in [-0.2, -0.15) is 0 Å². The minimum atomic E-state index is -0.787. The van der Waals surface area contributed by atoms with Gasteiger partial charge in [-0.3, -0.25) is 0 Å². The average Bonchev–Trinajstić information content (AvgIpc) is 2.44. The van der Waals surface area contributed by atoms with E-state index < -0.39 is 11.6 Å². The van der Waals surface area contributed by atoms with Crippen molar-refractivity contribution in [1.82, 2.24) is 0 Å². The first-order chi connectivity index (χ1) is 9.18. The topological polar surface area (TPSA) is 26.0 Å². The Hall–Kier alpha value is -1.74. The Morgan fingerprint density at radius 2 is 1.68 bits per heavy atom. The van der Waals surface area contributed by atoms with Gasteiger partial charge >= 0.3 is 0 Å². The van der Waals surface area contributed by atoms with Crippen molar-refractivity contribution >= 4 is 0 Å². The number of rotatable bonds is 5. The summed E-state index contributed by atoms with van der Waals surface area (Å²) in [5.74, 6) is -1.53. The van der Waals surface area contributed by atoms with Gasteiger partial charge in [0.1, 0.15) is 0 Å². The highest BCUT2D eigenvalue weighted by molar-refractivity contribution is 5.20. The molecule has 0 saturated carbocycles. The van der Waals surface area contributed by atoms with E-state index in [1.54, 1.807) is 6.07 Å². The van der Waals surface area contributed by atoms with Crippen LogP contribution in [0.4, 0.5) is 8.78 Å². The first-order valence-electron chi connectivity index (χ1n) is 6.42. The SMILES string of the molecule is NC(CCCc1cccc(F)c1F)c1ccccc1.